The Morgan fingerprint density at radius 2 is 1.75 bits per heavy atom. The number of aryl methyl sites for hydroxylation is 1. The molecule has 3 N–H and O–H groups in total. The van der Waals surface area contributed by atoms with Gasteiger partial charge in [0.15, 0.2) is 5.75 Å². The summed E-state index contributed by atoms with van der Waals surface area (Å²) in [7, 11) is 0. The van der Waals surface area contributed by atoms with Gasteiger partial charge in [0, 0.05) is 12.2 Å². The van der Waals surface area contributed by atoms with E-state index >= 15 is 0 Å². The molecule has 0 spiro atoms. The van der Waals surface area contributed by atoms with E-state index in [1.807, 2.05) is 67.6 Å². The van der Waals surface area contributed by atoms with E-state index < -0.39 is 0 Å². The molecule has 0 unspecified atom stereocenters. The Balaban J connectivity index is 1.30. The molecule has 1 aliphatic rings. The molecular formula is C26H21N3O3. The molecule has 0 radical (unpaired) electrons. The molecule has 3 amide bonds. The topological polar surface area (TPSA) is 79.5 Å². The minimum absolute atomic E-state index is 0.288. The highest BCUT2D eigenvalue weighted by atomic mass is 16.5. The zero-order valence-electron chi connectivity index (χ0n) is 17.4. The zero-order chi connectivity index (χ0) is 22.1. The van der Waals surface area contributed by atoms with Crippen LogP contribution in [0.25, 0.3) is 10.8 Å². The van der Waals surface area contributed by atoms with Crippen LogP contribution >= 0.6 is 0 Å². The Hall–Kier alpha value is -4.32. The number of urea groups is 1. The van der Waals surface area contributed by atoms with Gasteiger partial charge in [-0.1, -0.05) is 48.5 Å². The summed E-state index contributed by atoms with van der Waals surface area (Å²) in [6, 6.07) is 24.3. The second-order valence-electron chi connectivity index (χ2n) is 7.71. The summed E-state index contributed by atoms with van der Waals surface area (Å²) in [5.74, 6) is 0.729. The first kappa shape index (κ1) is 19.6. The highest BCUT2D eigenvalue weighted by Gasteiger charge is 2.21. The van der Waals surface area contributed by atoms with Crippen molar-refractivity contribution in [2.24, 2.45) is 0 Å². The summed E-state index contributed by atoms with van der Waals surface area (Å²) in [6.45, 7) is 2.33. The number of anilines is 2. The molecule has 0 aromatic heterocycles. The van der Waals surface area contributed by atoms with Crippen molar-refractivity contribution in [3.8, 4) is 11.5 Å². The van der Waals surface area contributed by atoms with Gasteiger partial charge in [0.1, 0.15) is 5.75 Å². The first-order valence-electron chi connectivity index (χ1n) is 10.3. The molecule has 0 atom stereocenters. The number of benzene rings is 4. The van der Waals surface area contributed by atoms with Gasteiger partial charge in [-0.2, -0.15) is 0 Å². The fraction of sp³-hybridized carbons (Fsp3) is 0.0769. The van der Waals surface area contributed by atoms with Gasteiger partial charge >= 0.3 is 6.03 Å². The van der Waals surface area contributed by atoms with Crippen LogP contribution in [0.2, 0.25) is 0 Å². The van der Waals surface area contributed by atoms with Gasteiger partial charge < -0.3 is 20.7 Å². The van der Waals surface area contributed by atoms with E-state index in [0.717, 1.165) is 21.9 Å². The Morgan fingerprint density at radius 1 is 0.938 bits per heavy atom. The third-order valence-corrected chi connectivity index (χ3v) is 5.40. The van der Waals surface area contributed by atoms with Gasteiger partial charge in [-0.25, -0.2) is 4.79 Å². The Kier molecular flexibility index (Phi) is 4.95. The van der Waals surface area contributed by atoms with Crippen molar-refractivity contribution in [2.75, 3.05) is 10.6 Å². The normalized spacial score (nSPS) is 12.1. The number of carbonyl (C=O) groups is 2. The van der Waals surface area contributed by atoms with Gasteiger partial charge in [0.25, 0.3) is 5.91 Å². The molecule has 4 aromatic carbocycles. The molecule has 0 saturated heterocycles. The van der Waals surface area contributed by atoms with Crippen molar-refractivity contribution in [1.29, 1.82) is 0 Å². The molecule has 4 aromatic rings. The lowest BCUT2D eigenvalue weighted by atomic mass is 10.0. The summed E-state index contributed by atoms with van der Waals surface area (Å²) < 4.78 is 5.92. The predicted octanol–water partition coefficient (Wildman–Crippen LogP) is 5.83. The van der Waals surface area contributed by atoms with Crippen LogP contribution in [0.4, 0.5) is 16.2 Å². The lowest BCUT2D eigenvalue weighted by Crippen LogP contribution is -2.28. The molecule has 0 saturated carbocycles. The standard InChI is InChI=1S/C26H21N3O3/c1-16-9-11-24-22(13-16)29-25(30)21-14-19(10-12-23(21)32-24)28-26(31)27-15-18-7-4-6-17-5-2-3-8-20(17)18/h2-14H,15H2,1H3,(H,29,30)(H2,27,28,31). The third kappa shape index (κ3) is 3.86. The van der Waals surface area contributed by atoms with Crippen molar-refractivity contribution >= 4 is 34.1 Å². The maximum atomic E-state index is 12.7. The molecular weight excluding hydrogens is 402 g/mol. The molecule has 0 fully saturated rings. The van der Waals surface area contributed by atoms with Gasteiger partial charge in [-0.3, -0.25) is 4.79 Å². The van der Waals surface area contributed by atoms with E-state index in [4.69, 9.17) is 4.74 Å². The predicted molar refractivity (Wildman–Crippen MR) is 125 cm³/mol. The Morgan fingerprint density at radius 3 is 2.66 bits per heavy atom. The van der Waals surface area contributed by atoms with Gasteiger partial charge in [0.05, 0.1) is 11.3 Å². The third-order valence-electron chi connectivity index (χ3n) is 5.40. The second kappa shape index (κ2) is 8.07. The average molecular weight is 423 g/mol. The van der Waals surface area contributed by atoms with E-state index in [9.17, 15) is 9.59 Å². The molecule has 158 valence electrons. The molecule has 6 nitrogen and oxygen atoms in total. The van der Waals surface area contributed by atoms with Crippen LogP contribution in [-0.2, 0) is 6.54 Å². The SMILES string of the molecule is Cc1ccc2c(c1)NC(=O)c1cc(NC(=O)NCc3cccc4ccccc34)ccc1O2. The average Bonchev–Trinajstić information content (AvgIpc) is 2.93. The fourth-order valence-corrected chi connectivity index (χ4v) is 3.81. The van der Waals surface area contributed by atoms with Crippen LogP contribution in [0.3, 0.4) is 0 Å². The minimum Gasteiger partial charge on any atom is -0.454 e. The highest BCUT2D eigenvalue weighted by molar-refractivity contribution is 6.09. The van der Waals surface area contributed by atoms with Crippen molar-refractivity contribution in [3.05, 3.63) is 95.6 Å². The number of rotatable bonds is 3. The van der Waals surface area contributed by atoms with Gasteiger partial charge in [0.2, 0.25) is 0 Å². The van der Waals surface area contributed by atoms with E-state index in [1.54, 1.807) is 18.2 Å². The molecule has 32 heavy (non-hydrogen) atoms. The molecule has 0 bridgehead atoms. The van der Waals surface area contributed by atoms with E-state index in [2.05, 4.69) is 16.0 Å². The van der Waals surface area contributed by atoms with Crippen LogP contribution in [0.15, 0.2) is 78.9 Å². The first-order chi connectivity index (χ1) is 15.6. The number of nitrogens with one attached hydrogen (secondary N) is 3. The Labute approximate surface area is 185 Å². The second-order valence-corrected chi connectivity index (χ2v) is 7.71. The van der Waals surface area contributed by atoms with Crippen LogP contribution in [0.5, 0.6) is 11.5 Å². The number of carbonyl (C=O) groups excluding carboxylic acids is 2. The number of amides is 3. The smallest absolute Gasteiger partial charge is 0.319 e. The highest BCUT2D eigenvalue weighted by Crippen LogP contribution is 2.37. The van der Waals surface area contributed by atoms with Gasteiger partial charge in [-0.15, -0.1) is 0 Å². The maximum Gasteiger partial charge on any atom is 0.319 e. The van der Waals surface area contributed by atoms with E-state index in [1.165, 1.54) is 0 Å². The van der Waals surface area contributed by atoms with Crippen LogP contribution < -0.4 is 20.7 Å². The van der Waals surface area contributed by atoms with Crippen LogP contribution in [0, 0.1) is 6.92 Å². The van der Waals surface area contributed by atoms with Crippen molar-refractivity contribution in [2.45, 2.75) is 13.5 Å². The number of hydrogen-bond acceptors (Lipinski definition) is 3. The molecule has 1 heterocycles. The van der Waals surface area contributed by atoms with Crippen molar-refractivity contribution < 1.29 is 14.3 Å². The summed E-state index contributed by atoms with van der Waals surface area (Å²) in [5, 5.41) is 10.8. The zero-order valence-corrected chi connectivity index (χ0v) is 17.4. The largest absolute Gasteiger partial charge is 0.454 e. The summed E-state index contributed by atoms with van der Waals surface area (Å²) in [6.07, 6.45) is 0. The summed E-state index contributed by atoms with van der Waals surface area (Å²) in [4.78, 5) is 25.2. The lowest BCUT2D eigenvalue weighted by molar-refractivity contribution is 0.102. The molecule has 0 aliphatic carbocycles. The number of ether oxygens (including phenoxy) is 1. The van der Waals surface area contributed by atoms with Crippen LogP contribution in [0.1, 0.15) is 21.5 Å². The van der Waals surface area contributed by atoms with Crippen molar-refractivity contribution in [3.63, 3.8) is 0 Å². The maximum absolute atomic E-state index is 12.7. The lowest BCUT2D eigenvalue weighted by Gasteiger charge is -2.12. The fourth-order valence-electron chi connectivity index (χ4n) is 3.81. The summed E-state index contributed by atoms with van der Waals surface area (Å²) >= 11 is 0. The molecule has 6 heteroatoms. The first-order valence-corrected chi connectivity index (χ1v) is 10.3. The van der Waals surface area contributed by atoms with Crippen molar-refractivity contribution in [1.82, 2.24) is 5.32 Å². The molecule has 1 aliphatic heterocycles. The minimum atomic E-state index is -0.355. The Bertz CT molecular complexity index is 1360. The number of hydrogen-bond donors (Lipinski definition) is 3. The monoisotopic (exact) mass is 423 g/mol. The quantitative estimate of drug-likeness (QED) is 0.388. The number of fused-ring (bicyclic) bond motifs is 3. The molecule has 5 rings (SSSR count). The summed E-state index contributed by atoms with van der Waals surface area (Å²) in [5.41, 5.74) is 3.52. The van der Waals surface area contributed by atoms with Gasteiger partial charge in [-0.05, 0) is 59.2 Å². The van der Waals surface area contributed by atoms with E-state index in [0.29, 0.717) is 35.0 Å². The van der Waals surface area contributed by atoms with Crippen LogP contribution in [-0.4, -0.2) is 11.9 Å². The van der Waals surface area contributed by atoms with E-state index in [-0.39, 0.29) is 11.9 Å².